The van der Waals surface area contributed by atoms with Crippen LogP contribution in [-0.2, 0) is 0 Å². The molecule has 0 amide bonds. The molecule has 6 heteroatoms. The number of rotatable bonds is 3. The van der Waals surface area contributed by atoms with E-state index in [0.717, 1.165) is 12.1 Å². The van der Waals surface area contributed by atoms with E-state index in [1.807, 2.05) is 0 Å². The fourth-order valence-corrected chi connectivity index (χ4v) is 1.58. The number of hydrogen-bond donors (Lipinski definition) is 2. The summed E-state index contributed by atoms with van der Waals surface area (Å²) in [5.74, 6) is -4.13. The second kappa shape index (κ2) is 4.51. The maximum absolute atomic E-state index is 13.0. The van der Waals surface area contributed by atoms with E-state index in [9.17, 15) is 13.2 Å². The van der Waals surface area contributed by atoms with Gasteiger partial charge >= 0.3 is 0 Å². The van der Waals surface area contributed by atoms with E-state index < -0.39 is 24.4 Å². The molecular weight excluding hydrogens is 275 g/mol. The quantitative estimate of drug-likeness (QED) is 0.894. The van der Waals surface area contributed by atoms with Gasteiger partial charge in [0.25, 0.3) is 5.92 Å². The maximum Gasteiger partial charge on any atom is 0.289 e. The third-order valence-corrected chi connectivity index (χ3v) is 2.37. The smallest absolute Gasteiger partial charge is 0.289 e. The summed E-state index contributed by atoms with van der Waals surface area (Å²) in [7, 11) is 0. The van der Waals surface area contributed by atoms with Crippen LogP contribution < -0.4 is 5.73 Å². The molecule has 0 saturated carbocycles. The Labute approximate surface area is 93.0 Å². The fraction of sp³-hybridized carbons (Fsp3) is 0.333. The third-order valence-electron chi connectivity index (χ3n) is 1.91. The van der Waals surface area contributed by atoms with Crippen molar-refractivity contribution in [2.45, 2.75) is 12.0 Å². The number of aliphatic hydroxyl groups is 1. The Hall–Kier alpha value is -0.590. The normalized spacial score (nSPS) is 14.0. The minimum Gasteiger partial charge on any atom is -0.390 e. The van der Waals surface area contributed by atoms with Crippen molar-refractivity contribution in [1.29, 1.82) is 0 Å². The van der Waals surface area contributed by atoms with Gasteiger partial charge in [-0.2, -0.15) is 0 Å². The van der Waals surface area contributed by atoms with E-state index in [0.29, 0.717) is 4.47 Å². The standard InChI is InChI=1S/C9H9BrF3NO/c10-6-1-5(2-7(11)3-6)8(14)9(12,13)4-15/h1-3,8,15H,4,14H2. The molecule has 0 aromatic heterocycles. The summed E-state index contributed by atoms with van der Waals surface area (Å²) >= 11 is 2.97. The molecule has 1 unspecified atom stereocenters. The highest BCUT2D eigenvalue weighted by Gasteiger charge is 2.37. The van der Waals surface area contributed by atoms with Gasteiger partial charge in [0.1, 0.15) is 12.4 Å². The Balaban J connectivity index is 3.06. The number of halogens is 4. The van der Waals surface area contributed by atoms with Crippen LogP contribution in [0.1, 0.15) is 11.6 Å². The predicted molar refractivity (Wildman–Crippen MR) is 53.1 cm³/mol. The van der Waals surface area contributed by atoms with Crippen molar-refractivity contribution in [3.8, 4) is 0 Å². The topological polar surface area (TPSA) is 46.2 Å². The zero-order valence-electron chi connectivity index (χ0n) is 7.55. The van der Waals surface area contributed by atoms with Gasteiger partial charge in [0, 0.05) is 4.47 Å². The lowest BCUT2D eigenvalue weighted by atomic mass is 10.0. The van der Waals surface area contributed by atoms with Crippen molar-refractivity contribution in [3.63, 3.8) is 0 Å². The Morgan fingerprint density at radius 2 is 2.00 bits per heavy atom. The summed E-state index contributed by atoms with van der Waals surface area (Å²) in [6, 6.07) is 1.61. The zero-order chi connectivity index (χ0) is 11.6. The summed E-state index contributed by atoms with van der Waals surface area (Å²) in [6.07, 6.45) is 0. The van der Waals surface area contributed by atoms with Crippen LogP contribution in [-0.4, -0.2) is 17.6 Å². The molecule has 15 heavy (non-hydrogen) atoms. The first-order chi connectivity index (χ1) is 6.86. The molecule has 3 N–H and O–H groups in total. The van der Waals surface area contributed by atoms with Gasteiger partial charge in [-0.3, -0.25) is 0 Å². The summed E-state index contributed by atoms with van der Waals surface area (Å²) in [5.41, 5.74) is 5.15. The number of hydrogen-bond acceptors (Lipinski definition) is 2. The Morgan fingerprint density at radius 1 is 1.40 bits per heavy atom. The lowest BCUT2D eigenvalue weighted by Crippen LogP contribution is -2.36. The van der Waals surface area contributed by atoms with Crippen LogP contribution in [0.2, 0.25) is 0 Å². The van der Waals surface area contributed by atoms with Gasteiger partial charge in [-0.15, -0.1) is 0 Å². The van der Waals surface area contributed by atoms with Crippen LogP contribution in [0.15, 0.2) is 22.7 Å². The average molecular weight is 284 g/mol. The first-order valence-electron chi connectivity index (χ1n) is 4.07. The van der Waals surface area contributed by atoms with E-state index in [-0.39, 0.29) is 5.56 Å². The molecule has 0 fully saturated rings. The van der Waals surface area contributed by atoms with Gasteiger partial charge in [0.15, 0.2) is 0 Å². The highest BCUT2D eigenvalue weighted by molar-refractivity contribution is 9.10. The van der Waals surface area contributed by atoms with E-state index in [1.54, 1.807) is 0 Å². The van der Waals surface area contributed by atoms with Crippen molar-refractivity contribution in [2.75, 3.05) is 6.61 Å². The van der Waals surface area contributed by atoms with Crippen molar-refractivity contribution < 1.29 is 18.3 Å². The van der Waals surface area contributed by atoms with Crippen LogP contribution in [0.5, 0.6) is 0 Å². The van der Waals surface area contributed by atoms with Crippen LogP contribution in [0.4, 0.5) is 13.2 Å². The zero-order valence-corrected chi connectivity index (χ0v) is 9.14. The minimum absolute atomic E-state index is 0.0686. The van der Waals surface area contributed by atoms with Gasteiger partial charge < -0.3 is 10.8 Å². The summed E-state index contributed by atoms with van der Waals surface area (Å²) in [6.45, 7) is -1.37. The van der Waals surface area contributed by atoms with Crippen molar-refractivity contribution >= 4 is 15.9 Å². The Bertz CT molecular complexity index is 339. The molecule has 2 nitrogen and oxygen atoms in total. The summed E-state index contributed by atoms with van der Waals surface area (Å²) in [5, 5.41) is 8.43. The first kappa shape index (κ1) is 12.5. The number of aliphatic hydroxyl groups excluding tert-OH is 1. The van der Waals surface area contributed by atoms with E-state index >= 15 is 0 Å². The van der Waals surface area contributed by atoms with Crippen molar-refractivity contribution in [2.24, 2.45) is 5.73 Å². The van der Waals surface area contributed by atoms with Gasteiger partial charge in [-0.05, 0) is 23.8 Å². The second-order valence-corrected chi connectivity index (χ2v) is 4.02. The summed E-state index contributed by atoms with van der Waals surface area (Å²) in [4.78, 5) is 0. The molecule has 0 aliphatic rings. The molecule has 0 spiro atoms. The average Bonchev–Trinajstić information content (AvgIpc) is 2.15. The highest BCUT2D eigenvalue weighted by atomic mass is 79.9. The highest BCUT2D eigenvalue weighted by Crippen LogP contribution is 2.30. The molecule has 0 aliphatic carbocycles. The molecule has 84 valence electrons. The van der Waals surface area contributed by atoms with Gasteiger partial charge in [-0.25, -0.2) is 13.2 Å². The molecular formula is C9H9BrF3NO. The molecule has 1 aromatic rings. The molecule has 1 atom stereocenters. The van der Waals surface area contributed by atoms with E-state index in [4.69, 9.17) is 10.8 Å². The Morgan fingerprint density at radius 3 is 2.47 bits per heavy atom. The second-order valence-electron chi connectivity index (χ2n) is 3.10. The fourth-order valence-electron chi connectivity index (χ4n) is 1.10. The number of nitrogens with two attached hydrogens (primary N) is 1. The molecule has 0 bridgehead atoms. The first-order valence-corrected chi connectivity index (χ1v) is 4.86. The van der Waals surface area contributed by atoms with E-state index in [1.165, 1.54) is 6.07 Å². The molecule has 1 rings (SSSR count). The predicted octanol–water partition coefficient (Wildman–Crippen LogP) is 2.22. The molecule has 0 aliphatic heterocycles. The van der Waals surface area contributed by atoms with Crippen LogP contribution >= 0.6 is 15.9 Å². The molecule has 0 radical (unpaired) electrons. The number of alkyl halides is 2. The molecule has 0 heterocycles. The van der Waals surface area contributed by atoms with Crippen molar-refractivity contribution in [1.82, 2.24) is 0 Å². The molecule has 0 saturated heterocycles. The lowest BCUT2D eigenvalue weighted by molar-refractivity contribution is -0.0712. The van der Waals surface area contributed by atoms with Gasteiger partial charge in [-0.1, -0.05) is 15.9 Å². The minimum atomic E-state index is -3.47. The number of benzene rings is 1. The van der Waals surface area contributed by atoms with Gasteiger partial charge in [0.2, 0.25) is 0 Å². The summed E-state index contributed by atoms with van der Waals surface area (Å²) < 4.78 is 39.2. The maximum atomic E-state index is 13.0. The van der Waals surface area contributed by atoms with E-state index in [2.05, 4.69) is 15.9 Å². The van der Waals surface area contributed by atoms with Crippen molar-refractivity contribution in [3.05, 3.63) is 34.1 Å². The molecule has 1 aromatic carbocycles. The third kappa shape index (κ3) is 2.93. The van der Waals surface area contributed by atoms with Crippen LogP contribution in [0, 0.1) is 5.82 Å². The Kier molecular flexibility index (Phi) is 3.75. The lowest BCUT2D eigenvalue weighted by Gasteiger charge is -2.21. The van der Waals surface area contributed by atoms with Crippen LogP contribution in [0.3, 0.4) is 0 Å². The largest absolute Gasteiger partial charge is 0.390 e. The van der Waals surface area contributed by atoms with Gasteiger partial charge in [0.05, 0.1) is 6.04 Å². The SMILES string of the molecule is NC(c1cc(F)cc(Br)c1)C(F)(F)CO. The van der Waals surface area contributed by atoms with Crippen LogP contribution in [0.25, 0.3) is 0 Å². The monoisotopic (exact) mass is 283 g/mol.